The van der Waals surface area contributed by atoms with Gasteiger partial charge in [-0.05, 0) is 16.8 Å². The molecule has 0 heterocycles. The van der Waals surface area contributed by atoms with Gasteiger partial charge in [0.2, 0.25) is 0 Å². The molecule has 98 valence electrons. The van der Waals surface area contributed by atoms with E-state index in [1.165, 1.54) is 12.1 Å². The number of carbonyl (C=O) groups is 3. The summed E-state index contributed by atoms with van der Waals surface area (Å²) in [4.78, 5) is 33.5. The quantitative estimate of drug-likeness (QED) is 0.619. The van der Waals surface area contributed by atoms with Crippen molar-refractivity contribution >= 4 is 28.7 Å². The van der Waals surface area contributed by atoms with Crippen molar-refractivity contribution in [3.05, 3.63) is 47.0 Å². The molecule has 3 N–H and O–H groups in total. The van der Waals surface area contributed by atoms with E-state index in [0.29, 0.717) is 5.39 Å². The van der Waals surface area contributed by atoms with Crippen LogP contribution in [0.15, 0.2) is 30.3 Å². The van der Waals surface area contributed by atoms with E-state index in [4.69, 9.17) is 15.3 Å². The van der Waals surface area contributed by atoms with E-state index >= 15 is 0 Å². The van der Waals surface area contributed by atoms with Crippen LogP contribution in [0.5, 0.6) is 0 Å². The third-order valence-electron chi connectivity index (χ3n) is 2.71. The predicted octanol–water partition coefficient (Wildman–Crippen LogP) is -0.949. The van der Waals surface area contributed by atoms with Crippen molar-refractivity contribution in [1.29, 1.82) is 0 Å². The van der Waals surface area contributed by atoms with Crippen LogP contribution in [-0.2, 0) is 0 Å². The minimum absolute atomic E-state index is 0. The van der Waals surface area contributed by atoms with Crippen LogP contribution in [0, 0.1) is 0 Å². The van der Waals surface area contributed by atoms with Crippen LogP contribution in [0.25, 0.3) is 10.8 Å². The smallest absolute Gasteiger partial charge is 1.00 e. The second-order valence-electron chi connectivity index (χ2n) is 3.81. The van der Waals surface area contributed by atoms with E-state index in [9.17, 15) is 14.4 Å². The normalized spacial score (nSPS) is 9.80. The summed E-state index contributed by atoms with van der Waals surface area (Å²) in [6, 6.07) is 7.30. The van der Waals surface area contributed by atoms with Crippen LogP contribution in [0.3, 0.4) is 0 Å². The Hall–Kier alpha value is -2.29. The van der Waals surface area contributed by atoms with Crippen LogP contribution < -0.4 is 18.9 Å². The number of rotatable bonds is 3. The van der Waals surface area contributed by atoms with E-state index in [-0.39, 0.29) is 25.7 Å². The van der Waals surface area contributed by atoms with Crippen molar-refractivity contribution in [3.8, 4) is 0 Å². The average molecular weight is 268 g/mol. The number of aromatic carboxylic acids is 3. The average Bonchev–Trinajstić information content (AvgIpc) is 2.35. The number of benzene rings is 2. The Morgan fingerprint density at radius 2 is 1.40 bits per heavy atom. The van der Waals surface area contributed by atoms with Crippen molar-refractivity contribution < 1.29 is 50.0 Å². The zero-order valence-corrected chi connectivity index (χ0v) is 10.5. The van der Waals surface area contributed by atoms with Crippen LogP contribution in [0.1, 0.15) is 32.5 Å². The summed E-state index contributed by atoms with van der Waals surface area (Å²) in [5.41, 5.74) is -1.76. The van der Waals surface area contributed by atoms with E-state index < -0.39 is 34.6 Å². The first-order valence-corrected chi connectivity index (χ1v) is 5.19. The first-order valence-electron chi connectivity index (χ1n) is 5.19. The SMILES string of the molecule is O=C(O)c1cc2ccccc2c(C(=O)O)c1C(=O)O.[H-].[Li+]. The fraction of sp³-hybridized carbons (Fsp3) is 0. The molecule has 0 radical (unpaired) electrons. The monoisotopic (exact) mass is 268 g/mol. The summed E-state index contributed by atoms with van der Waals surface area (Å²) < 4.78 is 0. The van der Waals surface area contributed by atoms with Crippen molar-refractivity contribution in [2.75, 3.05) is 0 Å². The number of hydrogen-bond donors (Lipinski definition) is 3. The Labute approximate surface area is 126 Å². The maximum absolute atomic E-state index is 11.3. The first kappa shape index (κ1) is 15.8. The van der Waals surface area contributed by atoms with Gasteiger partial charge in [-0.25, -0.2) is 14.4 Å². The van der Waals surface area contributed by atoms with Crippen molar-refractivity contribution in [1.82, 2.24) is 0 Å². The zero-order chi connectivity index (χ0) is 14.2. The largest absolute Gasteiger partial charge is 1.00 e. The van der Waals surface area contributed by atoms with Gasteiger partial charge in [0.25, 0.3) is 0 Å². The molecule has 0 aliphatic carbocycles. The molecule has 0 aromatic heterocycles. The van der Waals surface area contributed by atoms with Crippen molar-refractivity contribution in [2.45, 2.75) is 0 Å². The Bertz CT molecular complexity index is 728. The van der Waals surface area contributed by atoms with Gasteiger partial charge >= 0.3 is 36.8 Å². The van der Waals surface area contributed by atoms with Gasteiger partial charge in [0.15, 0.2) is 0 Å². The van der Waals surface area contributed by atoms with Crippen molar-refractivity contribution in [3.63, 3.8) is 0 Å². The second kappa shape index (κ2) is 5.78. The van der Waals surface area contributed by atoms with E-state index in [1.807, 2.05) is 0 Å². The van der Waals surface area contributed by atoms with Gasteiger partial charge in [-0.15, -0.1) is 0 Å². The Morgan fingerprint density at radius 3 is 1.90 bits per heavy atom. The Kier molecular flexibility index (Phi) is 4.55. The summed E-state index contributed by atoms with van der Waals surface area (Å²) in [5.74, 6) is -4.54. The molecule has 6 nitrogen and oxygen atoms in total. The molecular weight excluding hydrogens is 259 g/mol. The third kappa shape index (κ3) is 2.52. The standard InChI is InChI=1S/C13H8O6.Li.H/c14-11(15)8-5-6-3-1-2-4-7(6)9(12(16)17)10(8)13(18)19;;/h1-5H,(H,14,15)(H,16,17)(H,18,19);;/q;+1;-1. The van der Waals surface area contributed by atoms with Gasteiger partial charge in [-0.1, -0.05) is 24.3 Å². The molecule has 0 atom stereocenters. The van der Waals surface area contributed by atoms with Gasteiger partial charge < -0.3 is 16.7 Å². The van der Waals surface area contributed by atoms with Gasteiger partial charge in [0, 0.05) is 0 Å². The molecule has 0 aliphatic heterocycles. The summed E-state index contributed by atoms with van der Waals surface area (Å²) in [6.07, 6.45) is 0. The molecule has 2 aromatic rings. The summed E-state index contributed by atoms with van der Waals surface area (Å²) in [7, 11) is 0. The summed E-state index contributed by atoms with van der Waals surface area (Å²) in [6.45, 7) is 0. The first-order chi connectivity index (χ1) is 8.93. The third-order valence-corrected chi connectivity index (χ3v) is 2.71. The fourth-order valence-corrected chi connectivity index (χ4v) is 1.96. The van der Waals surface area contributed by atoms with E-state index in [0.717, 1.165) is 6.07 Å². The Balaban J connectivity index is 0.00000200. The topological polar surface area (TPSA) is 112 Å². The van der Waals surface area contributed by atoms with E-state index in [2.05, 4.69) is 0 Å². The summed E-state index contributed by atoms with van der Waals surface area (Å²) in [5, 5.41) is 27.8. The van der Waals surface area contributed by atoms with Crippen LogP contribution >= 0.6 is 0 Å². The minimum atomic E-state index is -1.58. The molecule has 0 amide bonds. The van der Waals surface area contributed by atoms with Gasteiger partial charge in [-0.2, -0.15) is 0 Å². The molecular formula is C13H9LiO6. The van der Waals surface area contributed by atoms with Crippen molar-refractivity contribution in [2.24, 2.45) is 0 Å². The maximum Gasteiger partial charge on any atom is 1.00 e. The molecule has 20 heavy (non-hydrogen) atoms. The second-order valence-corrected chi connectivity index (χ2v) is 3.81. The van der Waals surface area contributed by atoms with Crippen LogP contribution in [0.4, 0.5) is 0 Å². The molecule has 0 spiro atoms. The molecule has 0 aliphatic rings. The molecule has 0 saturated heterocycles. The predicted molar refractivity (Wildman–Crippen MR) is 65.9 cm³/mol. The molecule has 0 saturated carbocycles. The van der Waals surface area contributed by atoms with E-state index in [1.54, 1.807) is 12.1 Å². The number of carboxylic acid groups (broad SMARTS) is 3. The number of hydrogen-bond acceptors (Lipinski definition) is 3. The van der Waals surface area contributed by atoms with Gasteiger partial charge in [0.05, 0.1) is 16.7 Å². The molecule has 2 rings (SSSR count). The van der Waals surface area contributed by atoms with Gasteiger partial charge in [0.1, 0.15) is 0 Å². The molecule has 0 bridgehead atoms. The van der Waals surface area contributed by atoms with Gasteiger partial charge in [-0.3, -0.25) is 0 Å². The molecule has 0 fully saturated rings. The zero-order valence-electron chi connectivity index (χ0n) is 11.5. The number of carboxylic acids is 3. The van der Waals surface area contributed by atoms with Crippen LogP contribution in [0.2, 0.25) is 0 Å². The molecule has 0 unspecified atom stereocenters. The fourth-order valence-electron chi connectivity index (χ4n) is 1.96. The minimum Gasteiger partial charge on any atom is -1.00 e. The van der Waals surface area contributed by atoms with Crippen LogP contribution in [-0.4, -0.2) is 33.2 Å². The summed E-state index contributed by atoms with van der Waals surface area (Å²) >= 11 is 0. The Morgan fingerprint density at radius 1 is 0.850 bits per heavy atom. The molecule has 2 aromatic carbocycles. The maximum atomic E-state index is 11.3. The molecule has 7 heteroatoms. The number of fused-ring (bicyclic) bond motifs is 1.